The van der Waals surface area contributed by atoms with Gasteiger partial charge in [-0.05, 0) is 18.1 Å². The number of hydrogen-bond donors (Lipinski definition) is 1. The molecule has 0 atom stereocenters. The van der Waals surface area contributed by atoms with Crippen molar-refractivity contribution < 1.29 is 31.4 Å². The molecule has 7 heteroatoms. The summed E-state index contributed by atoms with van der Waals surface area (Å²) in [5.41, 5.74) is -5.87. The highest BCUT2D eigenvalue weighted by Crippen LogP contribution is 2.47. The van der Waals surface area contributed by atoms with Crippen molar-refractivity contribution in [2.45, 2.75) is 24.9 Å². The van der Waals surface area contributed by atoms with E-state index in [1.54, 1.807) is 0 Å². The van der Waals surface area contributed by atoms with Gasteiger partial charge in [-0.15, -0.1) is 0 Å². The van der Waals surface area contributed by atoms with Crippen LogP contribution in [0.4, 0.5) is 26.3 Å². The van der Waals surface area contributed by atoms with Gasteiger partial charge in [0.05, 0.1) is 0 Å². The number of hydrogen-bond acceptors (Lipinski definition) is 1. The standard InChI is InChI=1S/C12H12F6O/c1-4-8(2)6-5-7-9(3)10(19,11(13,14)15)12(16,17)18/h4-7,19H,1-2H2,3H3/b6-5-,9-7+. The fourth-order valence-corrected chi connectivity index (χ4v) is 1.11. The van der Waals surface area contributed by atoms with Gasteiger partial charge in [-0.25, -0.2) is 0 Å². The van der Waals surface area contributed by atoms with Gasteiger partial charge in [0.25, 0.3) is 5.60 Å². The summed E-state index contributed by atoms with van der Waals surface area (Å²) in [7, 11) is 0. The number of rotatable bonds is 4. The van der Waals surface area contributed by atoms with Crippen molar-refractivity contribution >= 4 is 0 Å². The van der Waals surface area contributed by atoms with E-state index in [9.17, 15) is 26.3 Å². The lowest BCUT2D eigenvalue weighted by Gasteiger charge is -2.33. The average molecular weight is 286 g/mol. The summed E-state index contributed by atoms with van der Waals surface area (Å²) in [6.07, 6.45) is -7.87. The molecule has 0 aromatic rings. The van der Waals surface area contributed by atoms with E-state index in [2.05, 4.69) is 13.2 Å². The van der Waals surface area contributed by atoms with E-state index in [1.807, 2.05) is 0 Å². The van der Waals surface area contributed by atoms with Crippen LogP contribution in [0.3, 0.4) is 0 Å². The highest BCUT2D eigenvalue weighted by atomic mass is 19.4. The molecule has 1 nitrogen and oxygen atoms in total. The van der Waals surface area contributed by atoms with E-state index in [0.717, 1.165) is 12.2 Å². The first-order valence-corrected chi connectivity index (χ1v) is 4.90. The van der Waals surface area contributed by atoms with Crippen molar-refractivity contribution in [3.63, 3.8) is 0 Å². The molecule has 0 spiro atoms. The number of aliphatic hydroxyl groups is 1. The Morgan fingerprint density at radius 2 is 1.47 bits per heavy atom. The van der Waals surface area contributed by atoms with E-state index in [0.29, 0.717) is 18.6 Å². The zero-order chi connectivity index (χ0) is 15.5. The minimum Gasteiger partial charge on any atom is -0.370 e. The lowest BCUT2D eigenvalue weighted by Crippen LogP contribution is -2.57. The zero-order valence-corrected chi connectivity index (χ0v) is 9.94. The van der Waals surface area contributed by atoms with Crippen LogP contribution in [0, 0.1) is 0 Å². The molecule has 0 fully saturated rings. The highest BCUT2D eigenvalue weighted by Gasteiger charge is 2.71. The van der Waals surface area contributed by atoms with Gasteiger partial charge >= 0.3 is 12.4 Å². The van der Waals surface area contributed by atoms with Gasteiger partial charge in [0.2, 0.25) is 0 Å². The lowest BCUT2D eigenvalue weighted by atomic mass is 9.93. The van der Waals surface area contributed by atoms with Crippen molar-refractivity contribution in [2.24, 2.45) is 0 Å². The van der Waals surface area contributed by atoms with E-state index < -0.39 is 23.5 Å². The van der Waals surface area contributed by atoms with E-state index in [1.165, 1.54) is 6.08 Å². The van der Waals surface area contributed by atoms with Crippen LogP contribution in [-0.2, 0) is 0 Å². The molecular formula is C12H12F6O. The first kappa shape index (κ1) is 17.5. The Kier molecular flexibility index (Phi) is 5.20. The SMILES string of the molecule is C=CC(=C)/C=C\C=C(/C)C(O)(C(F)(F)F)C(F)(F)F. The predicted molar refractivity (Wildman–Crippen MR) is 59.3 cm³/mol. The molecule has 0 amide bonds. The number of alkyl halides is 6. The third-order valence-corrected chi connectivity index (χ3v) is 2.31. The van der Waals surface area contributed by atoms with E-state index in [4.69, 9.17) is 5.11 Å². The Bertz CT molecular complexity index is 397. The van der Waals surface area contributed by atoms with E-state index >= 15 is 0 Å². The van der Waals surface area contributed by atoms with Crippen LogP contribution in [0.25, 0.3) is 0 Å². The molecule has 19 heavy (non-hydrogen) atoms. The molecule has 0 radical (unpaired) electrons. The number of halogens is 6. The smallest absolute Gasteiger partial charge is 0.370 e. The van der Waals surface area contributed by atoms with Crippen molar-refractivity contribution in [1.29, 1.82) is 0 Å². The average Bonchev–Trinajstić information content (AvgIpc) is 2.24. The predicted octanol–water partition coefficient (Wildman–Crippen LogP) is 4.09. The molecule has 0 unspecified atom stereocenters. The normalized spacial score (nSPS) is 14.8. The fourth-order valence-electron chi connectivity index (χ4n) is 1.11. The van der Waals surface area contributed by atoms with Crippen LogP contribution in [0.1, 0.15) is 6.92 Å². The van der Waals surface area contributed by atoms with E-state index in [-0.39, 0.29) is 0 Å². The summed E-state index contributed by atoms with van der Waals surface area (Å²) in [4.78, 5) is 0. The van der Waals surface area contributed by atoms with Crippen molar-refractivity contribution in [3.8, 4) is 0 Å². The monoisotopic (exact) mass is 286 g/mol. The van der Waals surface area contributed by atoms with Gasteiger partial charge < -0.3 is 5.11 Å². The third-order valence-electron chi connectivity index (χ3n) is 2.31. The second-order valence-corrected chi connectivity index (χ2v) is 3.69. The molecule has 0 saturated heterocycles. The Morgan fingerprint density at radius 3 is 1.79 bits per heavy atom. The largest absolute Gasteiger partial charge is 0.430 e. The van der Waals surface area contributed by atoms with Gasteiger partial charge in [0.15, 0.2) is 0 Å². The number of allylic oxidation sites excluding steroid dienone is 5. The molecule has 0 bridgehead atoms. The molecular weight excluding hydrogens is 274 g/mol. The second kappa shape index (κ2) is 5.64. The van der Waals surface area contributed by atoms with Gasteiger partial charge in [-0.1, -0.05) is 37.5 Å². The van der Waals surface area contributed by atoms with Crippen molar-refractivity contribution in [3.05, 3.63) is 48.6 Å². The van der Waals surface area contributed by atoms with Gasteiger partial charge in [0, 0.05) is 0 Å². The Labute approximate surface area is 106 Å². The molecule has 0 heterocycles. The van der Waals surface area contributed by atoms with Gasteiger partial charge in [0.1, 0.15) is 0 Å². The molecule has 0 saturated carbocycles. The molecule has 0 aliphatic rings. The summed E-state index contributed by atoms with van der Waals surface area (Å²) >= 11 is 0. The molecule has 0 aliphatic heterocycles. The molecule has 0 aliphatic carbocycles. The summed E-state index contributed by atoms with van der Waals surface area (Å²) in [5, 5.41) is 8.98. The molecule has 1 N–H and O–H groups in total. The molecule has 0 aromatic carbocycles. The first-order valence-electron chi connectivity index (χ1n) is 4.90. The fraction of sp³-hybridized carbons (Fsp3) is 0.333. The maximum atomic E-state index is 12.4. The third kappa shape index (κ3) is 3.73. The van der Waals surface area contributed by atoms with Gasteiger partial charge in [-0.3, -0.25) is 0 Å². The quantitative estimate of drug-likeness (QED) is 0.609. The zero-order valence-electron chi connectivity index (χ0n) is 9.94. The molecule has 0 aromatic heterocycles. The second-order valence-electron chi connectivity index (χ2n) is 3.69. The van der Waals surface area contributed by atoms with Crippen LogP contribution >= 0.6 is 0 Å². The summed E-state index contributed by atoms with van der Waals surface area (Å²) < 4.78 is 74.6. The minimum absolute atomic E-state index is 0.298. The maximum Gasteiger partial charge on any atom is 0.430 e. The van der Waals surface area contributed by atoms with Crippen LogP contribution in [0.15, 0.2) is 48.6 Å². The van der Waals surface area contributed by atoms with Crippen molar-refractivity contribution in [1.82, 2.24) is 0 Å². The van der Waals surface area contributed by atoms with Crippen LogP contribution in [-0.4, -0.2) is 23.1 Å². The maximum absolute atomic E-state index is 12.4. The highest BCUT2D eigenvalue weighted by molar-refractivity contribution is 5.31. The summed E-state index contributed by atoms with van der Waals surface area (Å²) in [6, 6.07) is 0. The van der Waals surface area contributed by atoms with Crippen molar-refractivity contribution in [2.75, 3.05) is 0 Å². The lowest BCUT2D eigenvalue weighted by molar-refractivity contribution is -0.352. The van der Waals surface area contributed by atoms with Gasteiger partial charge in [-0.2, -0.15) is 26.3 Å². The minimum atomic E-state index is -5.87. The molecule has 0 rings (SSSR count). The molecule has 108 valence electrons. The topological polar surface area (TPSA) is 20.2 Å². The Hall–Kier alpha value is -1.50. The van der Waals surface area contributed by atoms with Crippen LogP contribution < -0.4 is 0 Å². The first-order chi connectivity index (χ1) is 8.38. The van der Waals surface area contributed by atoms with Crippen LogP contribution in [0.2, 0.25) is 0 Å². The van der Waals surface area contributed by atoms with Crippen LogP contribution in [0.5, 0.6) is 0 Å². The Morgan fingerprint density at radius 1 is 1.05 bits per heavy atom. The summed E-state index contributed by atoms with van der Waals surface area (Å²) in [6.45, 7) is 7.24. The summed E-state index contributed by atoms with van der Waals surface area (Å²) in [5.74, 6) is 0. The Balaban J connectivity index is 5.56.